The summed E-state index contributed by atoms with van der Waals surface area (Å²) in [6, 6.07) is 4.46. The minimum atomic E-state index is -0.00970. The molecule has 19 heavy (non-hydrogen) atoms. The number of alkyl halides is 1. The van der Waals surface area contributed by atoms with Gasteiger partial charge in [0, 0.05) is 19.1 Å². The molecule has 1 aliphatic carbocycles. The number of hydrogen-bond donors (Lipinski definition) is 0. The molecule has 1 aliphatic rings. The lowest BCUT2D eigenvalue weighted by molar-refractivity contribution is 0.712. The van der Waals surface area contributed by atoms with Crippen LogP contribution in [-0.4, -0.2) is 0 Å². The minimum Gasteiger partial charge on any atom is -0.143 e. The second kappa shape index (κ2) is 6.18. The van der Waals surface area contributed by atoms with Gasteiger partial charge in [-0.25, -0.2) is 0 Å². The number of hydrogen-bond acceptors (Lipinski definition) is 2. The maximum Gasteiger partial charge on any atom is 0.102 e. The number of halogens is 3. The number of aryl methyl sites for hydroxylation is 2. The van der Waals surface area contributed by atoms with E-state index in [2.05, 4.69) is 44.0 Å². The lowest BCUT2D eigenvalue weighted by Gasteiger charge is -2.03. The molecule has 0 radical (unpaired) electrons. The van der Waals surface area contributed by atoms with Crippen LogP contribution >= 0.6 is 66.1 Å². The van der Waals surface area contributed by atoms with Crippen molar-refractivity contribution in [3.63, 3.8) is 0 Å². The van der Waals surface area contributed by atoms with E-state index >= 15 is 0 Å². The molecule has 0 saturated heterocycles. The largest absolute Gasteiger partial charge is 0.143 e. The van der Waals surface area contributed by atoms with Gasteiger partial charge in [-0.2, -0.15) is 0 Å². The summed E-state index contributed by atoms with van der Waals surface area (Å²) >= 11 is 17.4. The Balaban J connectivity index is 1.89. The quantitative estimate of drug-likeness (QED) is 0.351. The van der Waals surface area contributed by atoms with Crippen molar-refractivity contribution in [2.24, 2.45) is 0 Å². The SMILES string of the molecule is ClC(c1cc(Br)c(Br)s1)c1cc2c(s1)CCCCC2. The highest BCUT2D eigenvalue weighted by Gasteiger charge is 2.20. The van der Waals surface area contributed by atoms with Crippen LogP contribution in [0.4, 0.5) is 0 Å². The summed E-state index contributed by atoms with van der Waals surface area (Å²) < 4.78 is 2.21. The van der Waals surface area contributed by atoms with Gasteiger partial charge in [-0.15, -0.1) is 34.3 Å². The summed E-state index contributed by atoms with van der Waals surface area (Å²) in [5.41, 5.74) is 1.54. The first-order valence-corrected chi connectivity index (χ1v) is 10.0. The third-order valence-corrected chi connectivity index (χ3v) is 8.78. The summed E-state index contributed by atoms with van der Waals surface area (Å²) in [4.78, 5) is 4.07. The Hall–Kier alpha value is 0.650. The van der Waals surface area contributed by atoms with E-state index < -0.39 is 0 Å². The molecule has 102 valence electrons. The van der Waals surface area contributed by atoms with Crippen molar-refractivity contribution >= 4 is 66.1 Å². The van der Waals surface area contributed by atoms with E-state index in [1.807, 2.05) is 11.3 Å². The zero-order valence-corrected chi connectivity index (χ0v) is 15.8. The van der Waals surface area contributed by atoms with E-state index in [-0.39, 0.29) is 5.38 Å². The van der Waals surface area contributed by atoms with Crippen LogP contribution in [0.5, 0.6) is 0 Å². The molecule has 1 unspecified atom stereocenters. The summed E-state index contributed by atoms with van der Waals surface area (Å²) in [5, 5.41) is -0.00970. The first kappa shape index (κ1) is 14.6. The van der Waals surface area contributed by atoms with Crippen LogP contribution < -0.4 is 0 Å². The van der Waals surface area contributed by atoms with Crippen LogP contribution in [0.15, 0.2) is 20.4 Å². The molecule has 0 N–H and O–H groups in total. The maximum atomic E-state index is 6.66. The normalized spacial score (nSPS) is 17.0. The molecule has 0 saturated carbocycles. The number of fused-ring (bicyclic) bond motifs is 1. The van der Waals surface area contributed by atoms with Gasteiger partial charge in [0.25, 0.3) is 0 Å². The Kier molecular flexibility index (Phi) is 4.75. The van der Waals surface area contributed by atoms with Crippen molar-refractivity contribution in [3.05, 3.63) is 40.6 Å². The van der Waals surface area contributed by atoms with Gasteiger partial charge in [0.05, 0.1) is 3.79 Å². The van der Waals surface area contributed by atoms with E-state index in [0.717, 1.165) is 8.26 Å². The maximum absolute atomic E-state index is 6.66. The summed E-state index contributed by atoms with van der Waals surface area (Å²) in [5.74, 6) is 0. The summed E-state index contributed by atoms with van der Waals surface area (Å²) in [7, 11) is 0. The second-order valence-corrected chi connectivity index (χ2v) is 9.65. The van der Waals surface area contributed by atoms with E-state index in [1.54, 1.807) is 16.2 Å². The fourth-order valence-electron chi connectivity index (χ4n) is 2.44. The van der Waals surface area contributed by atoms with Gasteiger partial charge in [0.1, 0.15) is 5.38 Å². The highest BCUT2D eigenvalue weighted by atomic mass is 79.9. The van der Waals surface area contributed by atoms with E-state index in [9.17, 15) is 0 Å². The molecule has 0 bridgehead atoms. The number of thiophene rings is 2. The van der Waals surface area contributed by atoms with Gasteiger partial charge < -0.3 is 0 Å². The van der Waals surface area contributed by atoms with Crippen molar-refractivity contribution in [3.8, 4) is 0 Å². The summed E-state index contributed by atoms with van der Waals surface area (Å²) in [6.45, 7) is 0. The molecular formula is C14H13Br2ClS2. The molecule has 0 nitrogen and oxygen atoms in total. The third-order valence-electron chi connectivity index (χ3n) is 3.43. The summed E-state index contributed by atoms with van der Waals surface area (Å²) in [6.07, 6.45) is 6.49. The van der Waals surface area contributed by atoms with Crippen molar-refractivity contribution in [1.29, 1.82) is 0 Å². The van der Waals surface area contributed by atoms with Crippen LogP contribution in [0.2, 0.25) is 0 Å². The molecule has 1 atom stereocenters. The average molecular weight is 441 g/mol. The van der Waals surface area contributed by atoms with Gasteiger partial charge in [-0.1, -0.05) is 6.42 Å². The predicted molar refractivity (Wildman–Crippen MR) is 93.0 cm³/mol. The Labute approximate surface area is 143 Å². The van der Waals surface area contributed by atoms with Gasteiger partial charge in [0.15, 0.2) is 0 Å². The topological polar surface area (TPSA) is 0 Å². The fourth-order valence-corrected chi connectivity index (χ4v) is 6.25. The number of rotatable bonds is 2. The van der Waals surface area contributed by atoms with Crippen LogP contribution in [0.3, 0.4) is 0 Å². The van der Waals surface area contributed by atoms with Crippen LogP contribution in [0.1, 0.15) is 44.8 Å². The zero-order chi connectivity index (χ0) is 13.4. The molecule has 2 aromatic heterocycles. The fraction of sp³-hybridized carbons (Fsp3) is 0.429. The molecule has 0 fully saturated rings. The molecular weight excluding hydrogens is 428 g/mol. The van der Waals surface area contributed by atoms with Crippen LogP contribution in [-0.2, 0) is 12.8 Å². The highest BCUT2D eigenvalue weighted by molar-refractivity contribution is 9.13. The van der Waals surface area contributed by atoms with Crippen molar-refractivity contribution in [2.75, 3.05) is 0 Å². The molecule has 0 aliphatic heterocycles. The third kappa shape index (κ3) is 3.13. The van der Waals surface area contributed by atoms with Gasteiger partial charge in [-0.3, -0.25) is 0 Å². The Morgan fingerprint density at radius 2 is 1.74 bits per heavy atom. The van der Waals surface area contributed by atoms with E-state index in [4.69, 9.17) is 11.6 Å². The van der Waals surface area contributed by atoms with Gasteiger partial charge >= 0.3 is 0 Å². The van der Waals surface area contributed by atoms with Crippen molar-refractivity contribution in [1.82, 2.24) is 0 Å². The zero-order valence-electron chi connectivity index (χ0n) is 10.2. The Bertz CT molecular complexity index is 545. The molecule has 2 heterocycles. The van der Waals surface area contributed by atoms with Crippen molar-refractivity contribution < 1.29 is 0 Å². The molecule has 3 rings (SSSR count). The van der Waals surface area contributed by atoms with Crippen LogP contribution in [0, 0.1) is 0 Å². The molecule has 0 spiro atoms. The first-order chi connectivity index (χ1) is 9.15. The standard InChI is InChI=1S/C14H13Br2ClS2/c15-9-7-12(19-14(9)16)13(17)11-6-8-4-2-1-3-5-10(8)18-11/h6-7,13H,1-5H2. The predicted octanol–water partition coefficient (Wildman–Crippen LogP) is 6.93. The molecule has 0 amide bonds. The van der Waals surface area contributed by atoms with E-state index in [0.29, 0.717) is 0 Å². The van der Waals surface area contributed by atoms with Gasteiger partial charge in [-0.05, 0) is 75.2 Å². The van der Waals surface area contributed by atoms with Crippen molar-refractivity contribution in [2.45, 2.75) is 37.5 Å². The van der Waals surface area contributed by atoms with Crippen LogP contribution in [0.25, 0.3) is 0 Å². The van der Waals surface area contributed by atoms with Gasteiger partial charge in [0.2, 0.25) is 0 Å². The monoisotopic (exact) mass is 438 g/mol. The molecule has 0 aromatic carbocycles. The highest BCUT2D eigenvalue weighted by Crippen LogP contribution is 2.43. The molecule has 5 heteroatoms. The second-order valence-electron chi connectivity index (χ2n) is 4.79. The lowest BCUT2D eigenvalue weighted by Crippen LogP contribution is -1.86. The first-order valence-electron chi connectivity index (χ1n) is 6.35. The molecule has 2 aromatic rings. The van der Waals surface area contributed by atoms with E-state index in [1.165, 1.54) is 47.4 Å². The Morgan fingerprint density at radius 1 is 1.00 bits per heavy atom. The lowest BCUT2D eigenvalue weighted by atomic mass is 10.1. The Morgan fingerprint density at radius 3 is 2.47 bits per heavy atom. The minimum absolute atomic E-state index is 0.00970. The smallest absolute Gasteiger partial charge is 0.102 e. The average Bonchev–Trinajstić information content (AvgIpc) is 2.87.